The van der Waals surface area contributed by atoms with E-state index in [9.17, 15) is 9.59 Å². The zero-order valence-electron chi connectivity index (χ0n) is 19.4. The second-order valence-electron chi connectivity index (χ2n) is 7.28. The molecule has 8 nitrogen and oxygen atoms in total. The lowest BCUT2D eigenvalue weighted by Gasteiger charge is -2.23. The Morgan fingerprint density at radius 2 is 1.88 bits per heavy atom. The molecule has 0 saturated heterocycles. The minimum Gasteiger partial charge on any atom is -0.493 e. The summed E-state index contributed by atoms with van der Waals surface area (Å²) in [5.74, 6) is 0.965. The average Bonchev–Trinajstić information content (AvgIpc) is 3.46. The van der Waals surface area contributed by atoms with E-state index in [0.717, 1.165) is 4.88 Å². The SMILES string of the molecule is CCOC(=O)C1=C(C)N=c2sc(=Cc3cc(OC)c(OC)c(OC)c3)c(=O)n2C1c1cccs1. The maximum atomic E-state index is 13.6. The molecule has 1 aliphatic heterocycles. The van der Waals surface area contributed by atoms with Gasteiger partial charge in [0.25, 0.3) is 5.56 Å². The molecule has 1 aliphatic rings. The van der Waals surface area contributed by atoms with Gasteiger partial charge in [0.1, 0.15) is 6.04 Å². The number of carbonyl (C=O) groups excluding carboxylic acids is 1. The lowest BCUT2D eigenvalue weighted by Crippen LogP contribution is -2.39. The summed E-state index contributed by atoms with van der Waals surface area (Å²) in [7, 11) is 4.61. The third-order valence-corrected chi connectivity index (χ3v) is 7.22. The molecule has 3 heterocycles. The smallest absolute Gasteiger partial charge is 0.338 e. The number of thiazole rings is 1. The fourth-order valence-corrected chi connectivity index (χ4v) is 5.71. The normalized spacial score (nSPS) is 15.6. The lowest BCUT2D eigenvalue weighted by atomic mass is 10.0. The second-order valence-corrected chi connectivity index (χ2v) is 9.26. The third-order valence-electron chi connectivity index (χ3n) is 5.31. The van der Waals surface area contributed by atoms with Crippen LogP contribution < -0.4 is 29.1 Å². The van der Waals surface area contributed by atoms with E-state index in [0.29, 0.717) is 43.4 Å². The van der Waals surface area contributed by atoms with E-state index in [-0.39, 0.29) is 12.2 Å². The lowest BCUT2D eigenvalue weighted by molar-refractivity contribution is -0.139. The molecule has 10 heteroatoms. The van der Waals surface area contributed by atoms with Gasteiger partial charge in [-0.2, -0.15) is 0 Å². The Balaban J connectivity index is 1.92. The van der Waals surface area contributed by atoms with Crippen LogP contribution in [0, 0.1) is 0 Å². The van der Waals surface area contributed by atoms with Gasteiger partial charge in [0, 0.05) is 4.88 Å². The Bertz CT molecular complexity index is 1410. The number of hydrogen-bond acceptors (Lipinski definition) is 9. The van der Waals surface area contributed by atoms with Crippen molar-refractivity contribution in [2.75, 3.05) is 27.9 Å². The number of carbonyl (C=O) groups is 1. The summed E-state index contributed by atoms with van der Waals surface area (Å²) in [4.78, 5) is 32.4. The van der Waals surface area contributed by atoms with Crippen LogP contribution in [0.15, 0.2) is 50.7 Å². The van der Waals surface area contributed by atoms with Gasteiger partial charge in [-0.05, 0) is 49.1 Å². The zero-order chi connectivity index (χ0) is 24.4. The first-order valence-electron chi connectivity index (χ1n) is 10.5. The molecule has 4 rings (SSSR count). The first-order chi connectivity index (χ1) is 16.4. The molecular formula is C24H24N2O6S2. The number of methoxy groups -OCH3 is 3. The summed E-state index contributed by atoms with van der Waals surface area (Å²) in [6, 6.07) is 6.74. The molecule has 3 aromatic rings. The van der Waals surface area contributed by atoms with Crippen LogP contribution in [0.2, 0.25) is 0 Å². The number of aromatic nitrogens is 1. The van der Waals surface area contributed by atoms with Crippen molar-refractivity contribution in [3.63, 3.8) is 0 Å². The molecule has 0 saturated carbocycles. The van der Waals surface area contributed by atoms with E-state index in [1.807, 2.05) is 17.5 Å². The van der Waals surface area contributed by atoms with Gasteiger partial charge in [-0.25, -0.2) is 9.79 Å². The molecular weight excluding hydrogens is 476 g/mol. The number of hydrogen-bond donors (Lipinski definition) is 0. The maximum Gasteiger partial charge on any atom is 0.338 e. The quantitative estimate of drug-likeness (QED) is 0.464. The largest absolute Gasteiger partial charge is 0.493 e. The number of benzene rings is 1. The summed E-state index contributed by atoms with van der Waals surface area (Å²) < 4.78 is 23.6. The standard InChI is InChI=1S/C24H24N2O6S2/c1-6-32-23(28)19-13(2)25-24-26(20(19)17-8-7-9-33-17)22(27)18(34-24)12-14-10-15(29-3)21(31-5)16(11-14)30-4/h7-12,20H,6H2,1-5H3. The van der Waals surface area contributed by atoms with Crippen LogP contribution in [0.25, 0.3) is 6.08 Å². The van der Waals surface area contributed by atoms with Gasteiger partial charge >= 0.3 is 5.97 Å². The fourth-order valence-electron chi connectivity index (χ4n) is 3.84. The number of ether oxygens (including phenoxy) is 4. The van der Waals surface area contributed by atoms with E-state index in [1.165, 1.54) is 44.0 Å². The molecule has 0 N–H and O–H groups in total. The average molecular weight is 501 g/mol. The molecule has 0 amide bonds. The van der Waals surface area contributed by atoms with Crippen LogP contribution in [-0.4, -0.2) is 38.5 Å². The maximum absolute atomic E-state index is 13.6. The highest BCUT2D eigenvalue weighted by molar-refractivity contribution is 7.10. The Morgan fingerprint density at radius 1 is 1.18 bits per heavy atom. The van der Waals surface area contributed by atoms with Gasteiger partial charge < -0.3 is 18.9 Å². The van der Waals surface area contributed by atoms with E-state index in [4.69, 9.17) is 18.9 Å². The van der Waals surface area contributed by atoms with E-state index in [1.54, 1.807) is 36.6 Å². The molecule has 1 atom stereocenters. The Kier molecular flexibility index (Phi) is 6.90. The molecule has 0 aliphatic carbocycles. The van der Waals surface area contributed by atoms with Gasteiger partial charge in [0.2, 0.25) is 5.75 Å². The molecule has 0 radical (unpaired) electrons. The number of fused-ring (bicyclic) bond motifs is 1. The molecule has 0 spiro atoms. The van der Waals surface area contributed by atoms with Gasteiger partial charge in [0.15, 0.2) is 16.3 Å². The van der Waals surface area contributed by atoms with Crippen molar-refractivity contribution in [3.05, 3.63) is 71.0 Å². The highest BCUT2D eigenvalue weighted by Crippen LogP contribution is 2.38. The van der Waals surface area contributed by atoms with Gasteiger partial charge in [0.05, 0.1) is 43.7 Å². The third kappa shape index (κ3) is 4.14. The van der Waals surface area contributed by atoms with Crippen LogP contribution in [0.1, 0.15) is 30.3 Å². The van der Waals surface area contributed by atoms with Gasteiger partial charge in [-0.15, -0.1) is 11.3 Å². The fraction of sp³-hybridized carbons (Fsp3) is 0.292. The Morgan fingerprint density at radius 3 is 2.44 bits per heavy atom. The predicted octanol–water partition coefficient (Wildman–Crippen LogP) is 2.89. The van der Waals surface area contributed by atoms with E-state index >= 15 is 0 Å². The number of allylic oxidation sites excluding steroid dienone is 1. The van der Waals surface area contributed by atoms with Crippen molar-refractivity contribution >= 4 is 34.7 Å². The number of nitrogens with zero attached hydrogens (tertiary/aromatic N) is 2. The minimum atomic E-state index is -0.600. The molecule has 1 unspecified atom stereocenters. The van der Waals surface area contributed by atoms with E-state index in [2.05, 4.69) is 4.99 Å². The Labute approximate surface area is 204 Å². The highest BCUT2D eigenvalue weighted by Gasteiger charge is 2.33. The number of thiophene rings is 1. The van der Waals surface area contributed by atoms with Crippen molar-refractivity contribution in [2.45, 2.75) is 19.9 Å². The summed E-state index contributed by atoms with van der Waals surface area (Å²) in [5.41, 5.74) is 1.37. The van der Waals surface area contributed by atoms with Crippen LogP contribution in [0.3, 0.4) is 0 Å². The van der Waals surface area contributed by atoms with Crippen molar-refractivity contribution in [1.82, 2.24) is 4.57 Å². The van der Waals surface area contributed by atoms with Crippen molar-refractivity contribution in [1.29, 1.82) is 0 Å². The van der Waals surface area contributed by atoms with Crippen molar-refractivity contribution in [3.8, 4) is 17.2 Å². The molecule has 2 aromatic heterocycles. The molecule has 34 heavy (non-hydrogen) atoms. The molecule has 178 valence electrons. The van der Waals surface area contributed by atoms with Gasteiger partial charge in [-0.3, -0.25) is 9.36 Å². The van der Waals surface area contributed by atoms with E-state index < -0.39 is 12.0 Å². The molecule has 0 bridgehead atoms. The summed E-state index contributed by atoms with van der Waals surface area (Å²) in [5, 5.41) is 1.92. The number of rotatable bonds is 7. The van der Waals surface area contributed by atoms with Crippen LogP contribution in [-0.2, 0) is 9.53 Å². The summed E-state index contributed by atoms with van der Waals surface area (Å²) in [6.45, 7) is 3.75. The Hall–Kier alpha value is -3.37. The summed E-state index contributed by atoms with van der Waals surface area (Å²) >= 11 is 2.73. The summed E-state index contributed by atoms with van der Waals surface area (Å²) in [6.07, 6.45) is 1.75. The topological polar surface area (TPSA) is 88.4 Å². The van der Waals surface area contributed by atoms with Gasteiger partial charge in [-0.1, -0.05) is 17.4 Å². The van der Waals surface area contributed by atoms with Crippen LogP contribution >= 0.6 is 22.7 Å². The molecule has 0 fully saturated rings. The van der Waals surface area contributed by atoms with Crippen molar-refractivity contribution < 1.29 is 23.7 Å². The number of esters is 1. The predicted molar refractivity (Wildman–Crippen MR) is 131 cm³/mol. The monoisotopic (exact) mass is 500 g/mol. The zero-order valence-corrected chi connectivity index (χ0v) is 21.0. The highest BCUT2D eigenvalue weighted by atomic mass is 32.1. The van der Waals surface area contributed by atoms with Crippen LogP contribution in [0.4, 0.5) is 0 Å². The first-order valence-corrected chi connectivity index (χ1v) is 12.2. The van der Waals surface area contributed by atoms with Crippen LogP contribution in [0.5, 0.6) is 17.2 Å². The van der Waals surface area contributed by atoms with Crippen molar-refractivity contribution in [2.24, 2.45) is 4.99 Å². The second kappa shape index (κ2) is 9.86. The minimum absolute atomic E-state index is 0.234. The molecule has 1 aromatic carbocycles. The first kappa shape index (κ1) is 23.8.